The normalized spacial score (nSPS) is 19.9. The highest BCUT2D eigenvalue weighted by atomic mass is 35.5. The van der Waals surface area contributed by atoms with Gasteiger partial charge in [-0.15, -0.1) is 0 Å². The standard InChI is InChI=1S/C69H90ClN19O15/c1-36(2)26-48(60(95)81-47(14-8-23-76-69(72)73)67(102)89-25-9-15-55(89)66(101)87-54(33-71)68(103)104)82-62(97)50(29-39-16-19-40-10-4-5-11-41(40)27-39)83-59(94)46-22-24-75-58(93)35-78-56(91)31-52(79-37(3)90)64(99)84-49(28-38-17-20-43(70)21-18-38)61(96)85-51(30-42-34-77-45-13-7-6-12-44(42)45)63(98)86-53(65(100)80-46)32-57(92)88-74/h4-7,10-13,16-21,27,34,36,46-55,77H,8-9,14-15,22-26,28-33,35,71,74H2,1-3H3,(H,75,93)(H,78,91)(H,79,90)(H,80,100)(H,81,95)(H,82,97)(H,83,94)(H,84,99)(H,85,96)(H,86,98)(H,87,101)(H,88,92)(H,103,104)(H4,72,73,76)/t46-,47-,48-,49+,50+,51+,52-,53-,54-,55-/m0/s1. The summed E-state index contributed by atoms with van der Waals surface area (Å²) in [5.74, 6) is -8.75. The molecule has 22 N–H and O–H groups in total. The number of nitrogens with one attached hydrogen (secondary N) is 15. The van der Waals surface area contributed by atoms with Gasteiger partial charge in [0.15, 0.2) is 5.96 Å². The number of carbonyl (C=O) groups is 14. The highest BCUT2D eigenvalue weighted by Crippen LogP contribution is 2.23. The quantitative estimate of drug-likeness (QED) is 0.00661. The molecule has 0 saturated carbocycles. The van der Waals surface area contributed by atoms with E-state index in [2.05, 4.69) is 68.8 Å². The van der Waals surface area contributed by atoms with Gasteiger partial charge in [-0.2, -0.15) is 0 Å². The average molecular weight is 1460 g/mol. The predicted octanol–water partition coefficient (Wildman–Crippen LogP) is -2.86. The van der Waals surface area contributed by atoms with Gasteiger partial charge in [0, 0.05) is 74.5 Å². The summed E-state index contributed by atoms with van der Waals surface area (Å²) in [6.07, 6.45) is -0.930. The lowest BCUT2D eigenvalue weighted by Crippen LogP contribution is -2.61. The molecule has 13 amide bonds. The fraction of sp³-hybridized carbons (Fsp3) is 0.435. The number of hydrogen-bond donors (Lipinski definition) is 19. The third-order valence-corrected chi connectivity index (χ3v) is 17.6. The molecule has 7 rings (SSSR count). The van der Waals surface area contributed by atoms with Crippen molar-refractivity contribution in [2.75, 3.05) is 32.7 Å². The van der Waals surface area contributed by atoms with Crippen molar-refractivity contribution in [3.8, 4) is 0 Å². The van der Waals surface area contributed by atoms with E-state index in [1.54, 1.807) is 80.7 Å². The Kier molecular flexibility index (Phi) is 29.8. The Morgan fingerprint density at radius 3 is 2.02 bits per heavy atom. The van der Waals surface area contributed by atoms with Crippen LogP contribution in [-0.2, 0) is 86.4 Å². The van der Waals surface area contributed by atoms with Crippen molar-refractivity contribution in [1.29, 1.82) is 5.41 Å². The summed E-state index contributed by atoms with van der Waals surface area (Å²) in [4.78, 5) is 202. The molecule has 2 fully saturated rings. The number of carboxylic acids is 1. The minimum absolute atomic E-state index is 0.0482. The number of rotatable bonds is 26. The zero-order valence-corrected chi connectivity index (χ0v) is 58.4. The third-order valence-electron chi connectivity index (χ3n) is 17.3. The molecule has 4 aromatic carbocycles. The Bertz CT molecular complexity index is 3990. The van der Waals surface area contributed by atoms with E-state index in [0.29, 0.717) is 39.0 Å². The second-order valence-electron chi connectivity index (χ2n) is 25.8. The summed E-state index contributed by atoms with van der Waals surface area (Å²) in [5, 5.41) is 50.7. The van der Waals surface area contributed by atoms with Crippen LogP contribution < -0.4 is 86.5 Å². The Morgan fingerprint density at radius 1 is 0.702 bits per heavy atom. The molecule has 0 bridgehead atoms. The van der Waals surface area contributed by atoms with Gasteiger partial charge in [-0.3, -0.25) is 73.2 Å². The first-order chi connectivity index (χ1) is 49.6. The summed E-state index contributed by atoms with van der Waals surface area (Å²) in [7, 11) is 0. The van der Waals surface area contributed by atoms with Crippen molar-refractivity contribution in [3.63, 3.8) is 0 Å². The molecule has 0 unspecified atom stereocenters. The van der Waals surface area contributed by atoms with Crippen LogP contribution in [0.2, 0.25) is 5.02 Å². The monoisotopic (exact) mass is 1460 g/mol. The molecule has 1 aromatic heterocycles. The van der Waals surface area contributed by atoms with Gasteiger partial charge < -0.3 is 90.3 Å². The average Bonchev–Trinajstić information content (AvgIpc) is 1.49. The van der Waals surface area contributed by atoms with E-state index in [-0.39, 0.29) is 69.9 Å². The molecule has 2 aliphatic heterocycles. The van der Waals surface area contributed by atoms with E-state index in [1.807, 2.05) is 23.6 Å². The van der Waals surface area contributed by atoms with Gasteiger partial charge in [0.1, 0.15) is 60.4 Å². The van der Waals surface area contributed by atoms with Gasteiger partial charge in [-0.25, -0.2) is 10.6 Å². The second-order valence-corrected chi connectivity index (χ2v) is 26.2. The third kappa shape index (κ3) is 23.9. The number of aliphatic carboxylic acids is 1. The highest BCUT2D eigenvalue weighted by Gasteiger charge is 2.41. The van der Waals surface area contributed by atoms with Crippen LogP contribution in [0.5, 0.6) is 0 Å². The number of para-hydroxylation sites is 1. The Balaban J connectivity index is 1.24. The van der Waals surface area contributed by atoms with Crippen molar-refractivity contribution in [2.24, 2.45) is 23.2 Å². The summed E-state index contributed by atoms with van der Waals surface area (Å²) >= 11 is 6.20. The summed E-state index contributed by atoms with van der Waals surface area (Å²) in [6, 6.07) is 10.1. The van der Waals surface area contributed by atoms with Crippen LogP contribution in [0.4, 0.5) is 0 Å². The highest BCUT2D eigenvalue weighted by molar-refractivity contribution is 6.30. The number of nitrogens with zero attached hydrogens (tertiary/aromatic N) is 1. The van der Waals surface area contributed by atoms with E-state index in [4.69, 9.17) is 34.3 Å². The maximum atomic E-state index is 15.2. The van der Waals surface area contributed by atoms with E-state index in [9.17, 15) is 57.8 Å². The van der Waals surface area contributed by atoms with Crippen LogP contribution >= 0.6 is 11.6 Å². The molecule has 35 heteroatoms. The van der Waals surface area contributed by atoms with Gasteiger partial charge in [0.25, 0.3) is 0 Å². The molecule has 104 heavy (non-hydrogen) atoms. The molecule has 0 aliphatic carbocycles. The van der Waals surface area contributed by atoms with Crippen LogP contribution in [0, 0.1) is 11.3 Å². The number of guanidine groups is 1. The Morgan fingerprint density at radius 2 is 1.34 bits per heavy atom. The van der Waals surface area contributed by atoms with E-state index in [1.165, 1.54) is 17.0 Å². The number of nitrogens with two attached hydrogens (primary N) is 3. The first-order valence-corrected chi connectivity index (χ1v) is 34.3. The van der Waals surface area contributed by atoms with Crippen LogP contribution in [0.3, 0.4) is 0 Å². The number of benzene rings is 4. The maximum Gasteiger partial charge on any atom is 0.327 e. The zero-order valence-electron chi connectivity index (χ0n) is 57.6. The lowest BCUT2D eigenvalue weighted by Gasteiger charge is -2.31. The van der Waals surface area contributed by atoms with Crippen LogP contribution in [0.1, 0.15) is 88.8 Å². The lowest BCUT2D eigenvalue weighted by molar-refractivity contribution is -0.145. The molecule has 558 valence electrons. The van der Waals surface area contributed by atoms with Gasteiger partial charge in [-0.1, -0.05) is 98.2 Å². The number of likely N-dealkylation sites (tertiary alicyclic amines) is 1. The molecular formula is C69H90ClN19O15. The Labute approximate surface area is 602 Å². The molecular weight excluding hydrogens is 1370 g/mol. The topological polar surface area (TPSA) is 537 Å². The minimum atomic E-state index is -1.92. The number of aromatic amines is 1. The number of halogens is 1. The number of amides is 13. The number of hydrogen-bond acceptors (Lipinski definition) is 17. The van der Waals surface area contributed by atoms with Crippen LogP contribution in [-0.4, -0.2) is 197 Å². The van der Waals surface area contributed by atoms with Crippen molar-refractivity contribution < 1.29 is 72.2 Å². The first-order valence-electron chi connectivity index (χ1n) is 33.9. The molecule has 2 saturated heterocycles. The summed E-state index contributed by atoms with van der Waals surface area (Å²) in [6.45, 7) is 3.08. The summed E-state index contributed by atoms with van der Waals surface area (Å²) < 4.78 is 0. The van der Waals surface area contributed by atoms with Crippen molar-refractivity contribution >= 4 is 122 Å². The van der Waals surface area contributed by atoms with Gasteiger partial charge in [0.05, 0.1) is 19.4 Å². The molecule has 0 spiro atoms. The second kappa shape index (κ2) is 38.7. The van der Waals surface area contributed by atoms with Gasteiger partial charge >= 0.3 is 5.97 Å². The van der Waals surface area contributed by atoms with E-state index in [0.717, 1.165) is 17.7 Å². The molecule has 0 radical (unpaired) electrons. The van der Waals surface area contributed by atoms with Crippen molar-refractivity contribution in [3.05, 3.63) is 119 Å². The van der Waals surface area contributed by atoms with Crippen LogP contribution in [0.25, 0.3) is 21.7 Å². The molecule has 5 aromatic rings. The fourth-order valence-corrected chi connectivity index (χ4v) is 12.2. The number of aromatic nitrogens is 1. The van der Waals surface area contributed by atoms with E-state index >= 15 is 14.4 Å². The zero-order chi connectivity index (χ0) is 75.7. The van der Waals surface area contributed by atoms with Gasteiger partial charge in [-0.05, 0) is 90.1 Å². The SMILES string of the molecule is CC(=O)N[C@H]1CC(=O)NCC(=O)NCC[C@@H](C(=O)N[C@H](Cc2ccc3ccccc3c2)C(=O)N[C@@H](CC(C)C)C(=O)N[C@@H](CCCNC(=N)N)C(=O)N2CCC[C@H]2C(=O)N[C@@H](CN)C(=O)O)NC(=O)[C@H](CC(=O)NN)NC(=O)[C@@H](Cc2c[nH]c3ccccc23)NC(=O)[C@@H](Cc2ccc(Cl)cc2)NC1=O. The molecule has 3 heterocycles. The van der Waals surface area contributed by atoms with Crippen LogP contribution in [0.15, 0.2) is 97.2 Å². The predicted molar refractivity (Wildman–Crippen MR) is 380 cm³/mol. The molecule has 10 atom stereocenters. The van der Waals surface area contributed by atoms with Crippen molar-refractivity contribution in [2.45, 2.75) is 152 Å². The molecule has 2 aliphatic rings. The maximum absolute atomic E-state index is 15.2. The fourth-order valence-electron chi connectivity index (χ4n) is 12.0. The number of hydrazine groups is 1. The first kappa shape index (κ1) is 80.1. The summed E-state index contributed by atoms with van der Waals surface area (Å²) in [5.41, 5.74) is 15.1. The molecule has 34 nitrogen and oxygen atoms in total. The van der Waals surface area contributed by atoms with Crippen molar-refractivity contribution in [1.82, 2.24) is 79.1 Å². The number of fused-ring (bicyclic) bond motifs is 2. The lowest BCUT2D eigenvalue weighted by atomic mass is 9.98. The van der Waals surface area contributed by atoms with E-state index < -0.39 is 182 Å². The smallest absolute Gasteiger partial charge is 0.327 e. The minimum Gasteiger partial charge on any atom is -0.480 e. The number of carbonyl (C=O) groups excluding carboxylic acids is 13. The number of H-pyrrole nitrogens is 1. The van der Waals surface area contributed by atoms with Gasteiger partial charge in [0.2, 0.25) is 76.8 Å². The largest absolute Gasteiger partial charge is 0.480 e. The Hall–Kier alpha value is -11.3. The number of carboxylic acid groups (broad SMARTS) is 1.